The molecule has 2 amide bonds. The summed E-state index contributed by atoms with van der Waals surface area (Å²) < 4.78 is 5.10. The number of aromatic hydroxyl groups is 1. The fourth-order valence-electron chi connectivity index (χ4n) is 2.37. The van der Waals surface area contributed by atoms with E-state index >= 15 is 0 Å². The van der Waals surface area contributed by atoms with Crippen LogP contribution >= 0.6 is 11.6 Å². The lowest BCUT2D eigenvalue weighted by atomic mass is 10.1. The average Bonchev–Trinajstić information content (AvgIpc) is 2.54. The summed E-state index contributed by atoms with van der Waals surface area (Å²) in [6, 6.07) is 4.46. The molecular formula is C17H12ClNO5. The summed E-state index contributed by atoms with van der Waals surface area (Å²) in [5.41, 5.74) is -0.834. The Labute approximate surface area is 141 Å². The van der Waals surface area contributed by atoms with Crippen LogP contribution in [0.15, 0.2) is 45.6 Å². The number of carbonyl (C=O) groups is 2. The van der Waals surface area contributed by atoms with Gasteiger partial charge in [-0.05, 0) is 30.7 Å². The monoisotopic (exact) mass is 345 g/mol. The summed E-state index contributed by atoms with van der Waals surface area (Å²) in [6.07, 6.45) is 5.79. The number of benzene rings is 1. The molecule has 122 valence electrons. The molecule has 2 heterocycles. The topological polar surface area (TPSA) is 87.8 Å². The highest BCUT2D eigenvalue weighted by atomic mass is 35.5. The Hall–Kier alpha value is -2.86. The zero-order valence-electron chi connectivity index (χ0n) is 12.4. The molecule has 1 N–H and O–H groups in total. The van der Waals surface area contributed by atoms with Crippen LogP contribution in [0.25, 0.3) is 17.0 Å². The van der Waals surface area contributed by atoms with E-state index in [-0.39, 0.29) is 23.4 Å². The van der Waals surface area contributed by atoms with Crippen molar-refractivity contribution in [3.63, 3.8) is 0 Å². The molecular weight excluding hydrogens is 334 g/mol. The Morgan fingerprint density at radius 1 is 1.33 bits per heavy atom. The maximum absolute atomic E-state index is 12.1. The van der Waals surface area contributed by atoms with E-state index in [9.17, 15) is 19.5 Å². The molecule has 6 nitrogen and oxygen atoms in total. The molecule has 1 aromatic carbocycles. The number of hydrogen-bond donors (Lipinski definition) is 1. The molecule has 1 aromatic heterocycles. The Balaban J connectivity index is 1.96. The number of imide groups is 1. The first-order chi connectivity index (χ1) is 11.5. The number of fused-ring (bicyclic) bond motifs is 1. The third-order valence-corrected chi connectivity index (χ3v) is 3.82. The van der Waals surface area contributed by atoms with Gasteiger partial charge in [-0.2, -0.15) is 0 Å². The zero-order chi connectivity index (χ0) is 17.3. The van der Waals surface area contributed by atoms with Crippen LogP contribution in [-0.2, 0) is 9.59 Å². The molecule has 2 aromatic rings. The highest BCUT2D eigenvalue weighted by molar-refractivity contribution is 6.31. The van der Waals surface area contributed by atoms with E-state index in [1.54, 1.807) is 12.1 Å². The van der Waals surface area contributed by atoms with E-state index in [0.717, 1.165) is 17.1 Å². The van der Waals surface area contributed by atoms with Crippen molar-refractivity contribution in [1.82, 2.24) is 4.90 Å². The lowest BCUT2D eigenvalue weighted by Crippen LogP contribution is -2.37. The molecule has 0 fully saturated rings. The molecule has 7 heteroatoms. The normalized spacial score (nSPS) is 14.7. The molecule has 0 aliphatic carbocycles. The summed E-state index contributed by atoms with van der Waals surface area (Å²) in [5.74, 6) is -1.30. The Bertz CT molecular complexity index is 957. The van der Waals surface area contributed by atoms with Crippen molar-refractivity contribution < 1.29 is 19.1 Å². The highest BCUT2D eigenvalue weighted by Gasteiger charge is 2.19. The van der Waals surface area contributed by atoms with E-state index in [0.29, 0.717) is 16.8 Å². The second-order valence-corrected chi connectivity index (χ2v) is 5.58. The Morgan fingerprint density at radius 3 is 2.88 bits per heavy atom. The standard InChI is InChI=1S/C17H12ClNO5/c18-10-4-5-11-13(9-10)24-17(23)12(16(11)22)6-7-15(21)19-8-2-1-3-14(19)20/h1,3-7,9,22H,2,8H2/b7-6+. The van der Waals surface area contributed by atoms with Gasteiger partial charge in [0.2, 0.25) is 0 Å². The van der Waals surface area contributed by atoms with Gasteiger partial charge in [-0.3, -0.25) is 14.5 Å². The minimum Gasteiger partial charge on any atom is -0.506 e. The van der Waals surface area contributed by atoms with Crippen molar-refractivity contribution in [1.29, 1.82) is 0 Å². The van der Waals surface area contributed by atoms with E-state index in [4.69, 9.17) is 16.0 Å². The molecule has 0 spiro atoms. The van der Waals surface area contributed by atoms with Crippen molar-refractivity contribution in [3.8, 4) is 5.75 Å². The molecule has 0 saturated heterocycles. The fourth-order valence-corrected chi connectivity index (χ4v) is 2.53. The van der Waals surface area contributed by atoms with E-state index in [1.165, 1.54) is 18.2 Å². The molecule has 24 heavy (non-hydrogen) atoms. The predicted octanol–water partition coefficient (Wildman–Crippen LogP) is 2.48. The van der Waals surface area contributed by atoms with Gasteiger partial charge in [0.25, 0.3) is 11.8 Å². The molecule has 0 atom stereocenters. The van der Waals surface area contributed by atoms with Crippen molar-refractivity contribution in [2.75, 3.05) is 6.54 Å². The van der Waals surface area contributed by atoms with Gasteiger partial charge >= 0.3 is 5.63 Å². The van der Waals surface area contributed by atoms with Crippen molar-refractivity contribution in [2.45, 2.75) is 6.42 Å². The van der Waals surface area contributed by atoms with E-state index < -0.39 is 17.4 Å². The molecule has 1 aliphatic heterocycles. The number of amides is 2. The minimum atomic E-state index is -0.809. The summed E-state index contributed by atoms with van der Waals surface area (Å²) >= 11 is 5.82. The summed E-state index contributed by atoms with van der Waals surface area (Å²) in [5, 5.41) is 10.9. The van der Waals surface area contributed by atoms with Crippen molar-refractivity contribution in [3.05, 3.63) is 57.4 Å². The third-order valence-electron chi connectivity index (χ3n) is 3.58. The highest BCUT2D eigenvalue weighted by Crippen LogP contribution is 2.29. The van der Waals surface area contributed by atoms with Crippen LogP contribution < -0.4 is 5.63 Å². The van der Waals surface area contributed by atoms with Gasteiger partial charge in [-0.25, -0.2) is 4.79 Å². The third kappa shape index (κ3) is 2.96. The Kier molecular flexibility index (Phi) is 4.22. The Morgan fingerprint density at radius 2 is 2.12 bits per heavy atom. The zero-order valence-corrected chi connectivity index (χ0v) is 13.1. The van der Waals surface area contributed by atoms with E-state index in [2.05, 4.69) is 0 Å². The van der Waals surface area contributed by atoms with E-state index in [1.807, 2.05) is 0 Å². The first kappa shape index (κ1) is 16.0. The van der Waals surface area contributed by atoms with Gasteiger partial charge in [0.15, 0.2) is 0 Å². The van der Waals surface area contributed by atoms with Crippen LogP contribution in [-0.4, -0.2) is 28.4 Å². The quantitative estimate of drug-likeness (QED) is 0.667. The summed E-state index contributed by atoms with van der Waals surface area (Å²) in [6.45, 7) is 0.273. The molecule has 0 saturated carbocycles. The van der Waals surface area contributed by atoms with Crippen LogP contribution in [0.5, 0.6) is 5.75 Å². The van der Waals surface area contributed by atoms with Gasteiger partial charge in [-0.15, -0.1) is 0 Å². The first-order valence-electron chi connectivity index (χ1n) is 7.13. The maximum Gasteiger partial charge on any atom is 0.347 e. The molecule has 3 rings (SSSR count). The van der Waals surface area contributed by atoms with Crippen LogP contribution in [0, 0.1) is 0 Å². The fraction of sp³-hybridized carbons (Fsp3) is 0.118. The summed E-state index contributed by atoms with van der Waals surface area (Å²) in [7, 11) is 0. The second kappa shape index (κ2) is 6.33. The average molecular weight is 346 g/mol. The SMILES string of the molecule is O=C1C=CCCN1C(=O)/C=C/c1c(O)c2ccc(Cl)cc2oc1=O. The van der Waals surface area contributed by atoms with Gasteiger partial charge in [0.05, 0.1) is 5.39 Å². The number of halogens is 1. The lowest BCUT2D eigenvalue weighted by Gasteiger charge is -2.19. The molecule has 1 aliphatic rings. The predicted molar refractivity (Wildman–Crippen MR) is 88.7 cm³/mol. The van der Waals surface area contributed by atoms with Crippen LogP contribution in [0.4, 0.5) is 0 Å². The van der Waals surface area contributed by atoms with Crippen LogP contribution in [0.1, 0.15) is 12.0 Å². The smallest absolute Gasteiger partial charge is 0.347 e. The number of hydrogen-bond acceptors (Lipinski definition) is 5. The largest absolute Gasteiger partial charge is 0.506 e. The molecule has 0 unspecified atom stereocenters. The lowest BCUT2D eigenvalue weighted by molar-refractivity contribution is -0.139. The molecule has 0 bridgehead atoms. The van der Waals surface area contributed by atoms with Gasteiger partial charge in [-0.1, -0.05) is 17.7 Å². The van der Waals surface area contributed by atoms with Crippen molar-refractivity contribution in [2.24, 2.45) is 0 Å². The number of carbonyl (C=O) groups excluding carboxylic acids is 2. The first-order valence-corrected chi connectivity index (χ1v) is 7.50. The van der Waals surface area contributed by atoms with Gasteiger partial charge in [0, 0.05) is 23.7 Å². The number of rotatable bonds is 2. The van der Waals surface area contributed by atoms with Crippen LogP contribution in [0.3, 0.4) is 0 Å². The van der Waals surface area contributed by atoms with Crippen LogP contribution in [0.2, 0.25) is 5.02 Å². The number of nitrogens with zero attached hydrogens (tertiary/aromatic N) is 1. The second-order valence-electron chi connectivity index (χ2n) is 5.14. The molecule has 0 radical (unpaired) electrons. The summed E-state index contributed by atoms with van der Waals surface area (Å²) in [4.78, 5) is 36.7. The van der Waals surface area contributed by atoms with Gasteiger partial charge < -0.3 is 9.52 Å². The maximum atomic E-state index is 12.1. The van der Waals surface area contributed by atoms with Crippen molar-refractivity contribution >= 4 is 40.5 Å². The van der Waals surface area contributed by atoms with Gasteiger partial charge in [0.1, 0.15) is 16.9 Å². The minimum absolute atomic E-state index is 0.143.